The molecule has 0 aliphatic carbocycles. The van der Waals surface area contributed by atoms with Crippen molar-refractivity contribution >= 4 is 17.4 Å². The number of nitrogen functional groups attached to an aromatic ring is 1. The number of hydrogen-bond acceptors (Lipinski definition) is 3. The van der Waals surface area contributed by atoms with Crippen LogP contribution in [0.1, 0.15) is 30.6 Å². The van der Waals surface area contributed by atoms with E-state index in [1.54, 1.807) is 0 Å². The van der Waals surface area contributed by atoms with Gasteiger partial charge in [0, 0.05) is 29.4 Å². The highest BCUT2D eigenvalue weighted by Crippen LogP contribution is 2.35. The largest absolute Gasteiger partial charge is 0.399 e. The van der Waals surface area contributed by atoms with E-state index in [9.17, 15) is 0 Å². The second kappa shape index (κ2) is 5.60. The van der Waals surface area contributed by atoms with E-state index >= 15 is 0 Å². The molecule has 3 heteroatoms. The van der Waals surface area contributed by atoms with Gasteiger partial charge in [-0.3, -0.25) is 0 Å². The summed E-state index contributed by atoms with van der Waals surface area (Å²) in [4.78, 5) is 0. The molecule has 0 amide bonds. The van der Waals surface area contributed by atoms with Gasteiger partial charge in [-0.15, -0.1) is 0 Å². The predicted octanol–water partition coefficient (Wildman–Crippen LogP) is 3.24. The first kappa shape index (κ1) is 11.8. The molecule has 1 saturated heterocycles. The third-order valence-electron chi connectivity index (χ3n) is 2.97. The van der Waals surface area contributed by atoms with Crippen LogP contribution in [-0.4, -0.2) is 18.5 Å². The van der Waals surface area contributed by atoms with Crippen molar-refractivity contribution in [2.75, 3.05) is 18.9 Å². The van der Waals surface area contributed by atoms with Crippen molar-refractivity contribution < 1.29 is 4.74 Å². The number of rotatable bonds is 3. The zero-order chi connectivity index (χ0) is 11.4. The van der Waals surface area contributed by atoms with Crippen molar-refractivity contribution in [1.82, 2.24) is 0 Å². The Bertz CT molecular complexity index is 319. The fourth-order valence-electron chi connectivity index (χ4n) is 1.95. The average molecular weight is 237 g/mol. The van der Waals surface area contributed by atoms with Gasteiger partial charge in [0.25, 0.3) is 0 Å². The lowest BCUT2D eigenvalue weighted by Gasteiger charge is -2.24. The third kappa shape index (κ3) is 3.16. The van der Waals surface area contributed by atoms with Crippen LogP contribution in [0.3, 0.4) is 0 Å². The van der Waals surface area contributed by atoms with Crippen molar-refractivity contribution in [2.45, 2.75) is 30.3 Å². The van der Waals surface area contributed by atoms with E-state index in [1.807, 2.05) is 12.1 Å². The molecule has 1 aliphatic rings. The molecule has 1 aromatic rings. The smallest absolute Gasteiger partial charge is 0.0476 e. The number of nitrogens with two attached hydrogens (primary N) is 1. The maximum Gasteiger partial charge on any atom is 0.0476 e. The van der Waals surface area contributed by atoms with E-state index in [4.69, 9.17) is 10.5 Å². The molecule has 2 nitrogen and oxygen atoms in total. The van der Waals surface area contributed by atoms with Crippen LogP contribution in [0, 0.1) is 0 Å². The molecule has 1 fully saturated rings. The first-order chi connectivity index (χ1) is 7.75. The Morgan fingerprint density at radius 3 is 2.50 bits per heavy atom. The fourth-order valence-corrected chi connectivity index (χ4v) is 3.30. The Hall–Kier alpha value is -0.670. The number of anilines is 1. The monoisotopic (exact) mass is 237 g/mol. The van der Waals surface area contributed by atoms with Gasteiger partial charge in [0.15, 0.2) is 0 Å². The molecule has 1 aliphatic heterocycles. The SMILES string of the molecule is CC(SC1CCOCC1)c1ccc(N)cc1. The summed E-state index contributed by atoms with van der Waals surface area (Å²) >= 11 is 2.06. The summed E-state index contributed by atoms with van der Waals surface area (Å²) < 4.78 is 5.37. The van der Waals surface area contributed by atoms with Crippen LogP contribution in [0.4, 0.5) is 5.69 Å². The van der Waals surface area contributed by atoms with Gasteiger partial charge in [0.1, 0.15) is 0 Å². The molecule has 0 saturated carbocycles. The Balaban J connectivity index is 1.91. The standard InChI is InChI=1S/C13H19NOS/c1-10(11-2-4-12(14)5-3-11)16-13-6-8-15-9-7-13/h2-5,10,13H,6-9,14H2,1H3. The van der Waals surface area contributed by atoms with E-state index in [-0.39, 0.29) is 0 Å². The molecule has 2 N–H and O–H groups in total. The summed E-state index contributed by atoms with van der Waals surface area (Å²) in [5.74, 6) is 0. The minimum atomic E-state index is 0.545. The molecule has 16 heavy (non-hydrogen) atoms. The highest BCUT2D eigenvalue weighted by atomic mass is 32.2. The summed E-state index contributed by atoms with van der Waals surface area (Å²) in [5, 5.41) is 1.30. The molecule has 88 valence electrons. The maximum absolute atomic E-state index is 5.69. The number of hydrogen-bond donors (Lipinski definition) is 1. The lowest BCUT2D eigenvalue weighted by Crippen LogP contribution is -2.18. The Kier molecular flexibility index (Phi) is 4.13. The molecule has 2 rings (SSSR count). The minimum Gasteiger partial charge on any atom is -0.399 e. The van der Waals surface area contributed by atoms with Crippen LogP contribution >= 0.6 is 11.8 Å². The summed E-state index contributed by atoms with van der Waals surface area (Å²) in [6.07, 6.45) is 2.37. The molecular weight excluding hydrogens is 218 g/mol. The van der Waals surface area contributed by atoms with Gasteiger partial charge < -0.3 is 10.5 Å². The van der Waals surface area contributed by atoms with Gasteiger partial charge in [-0.1, -0.05) is 12.1 Å². The molecule has 0 aromatic heterocycles. The predicted molar refractivity (Wildman–Crippen MR) is 70.7 cm³/mol. The third-order valence-corrected chi connectivity index (χ3v) is 4.51. The quantitative estimate of drug-likeness (QED) is 0.820. The van der Waals surface area contributed by atoms with Gasteiger partial charge in [-0.05, 0) is 37.5 Å². The Labute approximate surface area is 102 Å². The second-order valence-corrected chi connectivity index (χ2v) is 5.90. The molecule has 1 atom stereocenters. The zero-order valence-corrected chi connectivity index (χ0v) is 10.5. The molecular formula is C13H19NOS. The molecule has 1 unspecified atom stereocenters. The second-order valence-electron chi connectivity index (χ2n) is 4.26. The van der Waals surface area contributed by atoms with Crippen LogP contribution in [0.15, 0.2) is 24.3 Å². The van der Waals surface area contributed by atoms with Gasteiger partial charge in [-0.25, -0.2) is 0 Å². The molecule has 1 heterocycles. The van der Waals surface area contributed by atoms with Crippen LogP contribution in [0.2, 0.25) is 0 Å². The number of benzene rings is 1. The van der Waals surface area contributed by atoms with Crippen molar-refractivity contribution in [2.24, 2.45) is 0 Å². The van der Waals surface area contributed by atoms with Crippen molar-refractivity contribution in [1.29, 1.82) is 0 Å². The molecule has 0 bridgehead atoms. The first-order valence-electron chi connectivity index (χ1n) is 5.84. The van der Waals surface area contributed by atoms with Crippen LogP contribution in [0.25, 0.3) is 0 Å². The molecule has 1 aromatic carbocycles. The fraction of sp³-hybridized carbons (Fsp3) is 0.538. The van der Waals surface area contributed by atoms with E-state index in [2.05, 4.69) is 30.8 Å². The minimum absolute atomic E-state index is 0.545. The van der Waals surface area contributed by atoms with Crippen LogP contribution in [0.5, 0.6) is 0 Å². The highest BCUT2D eigenvalue weighted by Gasteiger charge is 2.17. The topological polar surface area (TPSA) is 35.2 Å². The summed E-state index contributed by atoms with van der Waals surface area (Å²) in [6, 6.07) is 8.23. The molecule has 0 spiro atoms. The van der Waals surface area contributed by atoms with Crippen LogP contribution < -0.4 is 5.73 Å². The number of thioether (sulfide) groups is 1. The van der Waals surface area contributed by atoms with E-state index in [0.29, 0.717) is 5.25 Å². The van der Waals surface area contributed by atoms with E-state index < -0.39 is 0 Å². The lowest BCUT2D eigenvalue weighted by molar-refractivity contribution is 0.0999. The van der Waals surface area contributed by atoms with Crippen LogP contribution in [-0.2, 0) is 4.74 Å². The maximum atomic E-state index is 5.69. The van der Waals surface area contributed by atoms with Gasteiger partial charge in [-0.2, -0.15) is 11.8 Å². The van der Waals surface area contributed by atoms with E-state index in [1.165, 1.54) is 18.4 Å². The first-order valence-corrected chi connectivity index (χ1v) is 6.78. The Morgan fingerprint density at radius 1 is 1.25 bits per heavy atom. The lowest BCUT2D eigenvalue weighted by atomic mass is 10.1. The normalized spacial score (nSPS) is 19.6. The average Bonchev–Trinajstić information content (AvgIpc) is 2.31. The summed E-state index contributed by atoms with van der Waals surface area (Å²) in [5.41, 5.74) is 7.89. The van der Waals surface area contributed by atoms with Crippen molar-refractivity contribution in [3.63, 3.8) is 0 Å². The highest BCUT2D eigenvalue weighted by molar-refractivity contribution is 8.00. The van der Waals surface area contributed by atoms with Gasteiger partial charge in [0.2, 0.25) is 0 Å². The summed E-state index contributed by atoms with van der Waals surface area (Å²) in [7, 11) is 0. The Morgan fingerprint density at radius 2 is 1.88 bits per heavy atom. The van der Waals surface area contributed by atoms with Crippen molar-refractivity contribution in [3.05, 3.63) is 29.8 Å². The van der Waals surface area contributed by atoms with Gasteiger partial charge >= 0.3 is 0 Å². The van der Waals surface area contributed by atoms with Crippen molar-refractivity contribution in [3.8, 4) is 0 Å². The van der Waals surface area contributed by atoms with Gasteiger partial charge in [0.05, 0.1) is 0 Å². The van der Waals surface area contributed by atoms with E-state index in [0.717, 1.165) is 24.2 Å². The number of ether oxygens (including phenoxy) is 1. The summed E-state index contributed by atoms with van der Waals surface area (Å²) in [6.45, 7) is 4.11. The molecule has 0 radical (unpaired) electrons. The zero-order valence-electron chi connectivity index (χ0n) is 9.69.